The van der Waals surface area contributed by atoms with Crippen molar-refractivity contribution in [3.05, 3.63) is 76.3 Å². The number of aliphatic carboxylic acids is 1. The summed E-state index contributed by atoms with van der Waals surface area (Å²) in [6.07, 6.45) is 4.83. The molecule has 1 N–H and O–H groups in total. The maximum Gasteiger partial charge on any atom is 0.310 e. The molecule has 3 aromatic rings. The van der Waals surface area contributed by atoms with Crippen molar-refractivity contribution in [3.63, 3.8) is 0 Å². The minimum Gasteiger partial charge on any atom is -0.488 e. The molecule has 2 aromatic carbocycles. The Bertz CT molecular complexity index is 1500. The second kappa shape index (κ2) is 11.0. The van der Waals surface area contributed by atoms with Crippen LogP contribution in [0.4, 0.5) is 5.82 Å². The van der Waals surface area contributed by atoms with Gasteiger partial charge >= 0.3 is 5.97 Å². The summed E-state index contributed by atoms with van der Waals surface area (Å²) in [5.41, 5.74) is 7.97. The monoisotopic (exact) mass is 567 g/mol. The molecule has 3 aliphatic heterocycles. The highest BCUT2D eigenvalue weighted by molar-refractivity contribution is 5.79. The Balaban J connectivity index is 1.07. The Morgan fingerprint density at radius 1 is 1.10 bits per heavy atom. The van der Waals surface area contributed by atoms with Crippen LogP contribution in [0.25, 0.3) is 11.3 Å². The standard InChI is InChI=1S/C35H41N3O4/c1-23-5-3-6-29(31-7-4-8-32(36-31)38-14-12-35(34(39)40)19-27(35)20-38)33(23)42-22-25-17-24(2)30-21-37(13-9-26(30)18-25)28-10-15-41-16-11-28/h3-8,17-18,27-28H,9-16,19-22H2,1-2H3,(H,39,40)/t27-,35+/m0/s1. The van der Waals surface area contributed by atoms with Gasteiger partial charge in [0.25, 0.3) is 0 Å². The van der Waals surface area contributed by atoms with Crippen LogP contribution in [0.1, 0.15) is 53.5 Å². The van der Waals surface area contributed by atoms with Crippen LogP contribution in [-0.4, -0.2) is 59.8 Å². The summed E-state index contributed by atoms with van der Waals surface area (Å²) in [6.45, 7) is 10.2. The summed E-state index contributed by atoms with van der Waals surface area (Å²) < 4.78 is 12.2. The van der Waals surface area contributed by atoms with Crippen molar-refractivity contribution in [2.45, 2.75) is 65.1 Å². The fourth-order valence-electron chi connectivity index (χ4n) is 7.56. The number of nitrogens with zero attached hydrogens (tertiary/aromatic N) is 3. The lowest BCUT2D eigenvalue weighted by atomic mass is 9.91. The van der Waals surface area contributed by atoms with Crippen LogP contribution in [0.5, 0.6) is 5.75 Å². The van der Waals surface area contributed by atoms with Crippen LogP contribution in [0.15, 0.2) is 48.5 Å². The summed E-state index contributed by atoms with van der Waals surface area (Å²) in [5.74, 6) is 1.36. The number of carboxylic acids is 1. The zero-order chi connectivity index (χ0) is 28.8. The van der Waals surface area contributed by atoms with Crippen LogP contribution < -0.4 is 9.64 Å². The van der Waals surface area contributed by atoms with Crippen LogP contribution in [0, 0.1) is 25.2 Å². The molecule has 1 aliphatic carbocycles. The van der Waals surface area contributed by atoms with Gasteiger partial charge in [-0.15, -0.1) is 0 Å². The molecule has 2 saturated heterocycles. The zero-order valence-corrected chi connectivity index (χ0v) is 24.8. The van der Waals surface area contributed by atoms with Crippen molar-refractivity contribution in [2.75, 3.05) is 37.7 Å². The summed E-state index contributed by atoms with van der Waals surface area (Å²) in [6, 6.07) is 17.7. The van der Waals surface area contributed by atoms with E-state index in [-0.39, 0.29) is 5.92 Å². The average molecular weight is 568 g/mol. The molecule has 0 spiro atoms. The molecule has 7 rings (SSSR count). The minimum absolute atomic E-state index is 0.220. The number of hydrogen-bond donors (Lipinski definition) is 1. The van der Waals surface area contributed by atoms with E-state index in [1.807, 2.05) is 18.2 Å². The van der Waals surface area contributed by atoms with Crippen molar-refractivity contribution >= 4 is 11.8 Å². The molecule has 2 atom stereocenters. The Kier molecular flexibility index (Phi) is 7.19. The predicted octanol–water partition coefficient (Wildman–Crippen LogP) is 5.78. The molecule has 0 radical (unpaired) electrons. The molecule has 3 fully saturated rings. The molecular formula is C35H41N3O4. The van der Waals surface area contributed by atoms with Crippen molar-refractivity contribution < 1.29 is 19.4 Å². The van der Waals surface area contributed by atoms with Gasteiger partial charge in [0.2, 0.25) is 0 Å². The Labute approximate surface area is 248 Å². The van der Waals surface area contributed by atoms with Gasteiger partial charge in [0.05, 0.1) is 11.1 Å². The first-order chi connectivity index (χ1) is 20.4. The minimum atomic E-state index is -0.638. The number of carboxylic acid groups (broad SMARTS) is 1. The van der Waals surface area contributed by atoms with E-state index in [2.05, 4.69) is 54.0 Å². The molecule has 1 aromatic heterocycles. The number of carbonyl (C=O) groups is 1. The summed E-state index contributed by atoms with van der Waals surface area (Å²) in [5, 5.41) is 9.66. The Morgan fingerprint density at radius 3 is 2.74 bits per heavy atom. The van der Waals surface area contributed by atoms with E-state index in [9.17, 15) is 9.90 Å². The van der Waals surface area contributed by atoms with E-state index in [1.54, 1.807) is 0 Å². The summed E-state index contributed by atoms with van der Waals surface area (Å²) >= 11 is 0. The number of rotatable bonds is 7. The molecule has 4 aliphatic rings. The number of benzene rings is 2. The second-order valence-electron chi connectivity index (χ2n) is 12.8. The van der Waals surface area contributed by atoms with Crippen molar-refractivity contribution in [3.8, 4) is 17.0 Å². The number of fused-ring (bicyclic) bond motifs is 2. The van der Waals surface area contributed by atoms with Gasteiger partial charge in [0.15, 0.2) is 0 Å². The third-order valence-electron chi connectivity index (χ3n) is 10.2. The third-order valence-corrected chi connectivity index (χ3v) is 10.2. The third kappa shape index (κ3) is 5.07. The molecule has 0 unspecified atom stereocenters. The number of aromatic nitrogens is 1. The number of pyridine rings is 1. The van der Waals surface area contributed by atoms with Crippen LogP contribution >= 0.6 is 0 Å². The quantitative estimate of drug-likeness (QED) is 0.388. The second-order valence-corrected chi connectivity index (χ2v) is 12.8. The highest BCUT2D eigenvalue weighted by Crippen LogP contribution is 2.58. The SMILES string of the molecule is Cc1cc(COc2c(C)cccc2-c2cccc(N3CC[C@@]4(C(=O)O)C[C@H]4C3)n2)cc2c1CN(C1CCOCC1)CC2. The molecule has 7 nitrogen and oxygen atoms in total. The molecule has 1 saturated carbocycles. The van der Waals surface area contributed by atoms with Gasteiger partial charge in [-0.1, -0.05) is 30.3 Å². The Morgan fingerprint density at radius 2 is 1.93 bits per heavy atom. The largest absolute Gasteiger partial charge is 0.488 e. The van der Waals surface area contributed by atoms with Gasteiger partial charge in [0, 0.05) is 51.0 Å². The lowest BCUT2D eigenvalue weighted by molar-refractivity contribution is -0.144. The fourth-order valence-corrected chi connectivity index (χ4v) is 7.56. The molecule has 7 heteroatoms. The number of ether oxygens (including phenoxy) is 2. The van der Waals surface area contributed by atoms with E-state index in [0.29, 0.717) is 19.1 Å². The fraction of sp³-hybridized carbons (Fsp3) is 0.486. The molecule has 4 heterocycles. The molecule has 0 amide bonds. The first kappa shape index (κ1) is 27.4. The number of anilines is 1. The first-order valence-corrected chi connectivity index (χ1v) is 15.5. The van der Waals surface area contributed by atoms with Crippen LogP contribution in [0.3, 0.4) is 0 Å². The lowest BCUT2D eigenvalue weighted by Crippen LogP contribution is -2.42. The number of para-hydroxylation sites is 1. The van der Waals surface area contributed by atoms with Gasteiger partial charge < -0.3 is 19.5 Å². The average Bonchev–Trinajstić information content (AvgIpc) is 3.76. The van der Waals surface area contributed by atoms with E-state index in [1.165, 1.54) is 22.3 Å². The smallest absolute Gasteiger partial charge is 0.310 e. The number of piperidine rings is 1. The number of hydrogen-bond acceptors (Lipinski definition) is 6. The van der Waals surface area contributed by atoms with Crippen LogP contribution in [-0.2, 0) is 29.1 Å². The highest BCUT2D eigenvalue weighted by atomic mass is 16.5. The lowest BCUT2D eigenvalue weighted by Gasteiger charge is -2.38. The van der Waals surface area contributed by atoms with Crippen molar-refractivity contribution in [1.82, 2.24) is 9.88 Å². The maximum atomic E-state index is 11.7. The van der Waals surface area contributed by atoms with Gasteiger partial charge in [0.1, 0.15) is 18.2 Å². The van der Waals surface area contributed by atoms with Gasteiger partial charge in [-0.3, -0.25) is 9.69 Å². The molecular weight excluding hydrogens is 526 g/mol. The maximum absolute atomic E-state index is 11.7. The van der Waals surface area contributed by atoms with Gasteiger partial charge in [-0.2, -0.15) is 0 Å². The van der Waals surface area contributed by atoms with Gasteiger partial charge in [-0.25, -0.2) is 4.98 Å². The summed E-state index contributed by atoms with van der Waals surface area (Å²) in [7, 11) is 0. The number of aryl methyl sites for hydroxylation is 2. The Hall–Kier alpha value is -3.42. The summed E-state index contributed by atoms with van der Waals surface area (Å²) in [4.78, 5) is 21.7. The van der Waals surface area contributed by atoms with Crippen molar-refractivity contribution in [2.24, 2.45) is 11.3 Å². The van der Waals surface area contributed by atoms with E-state index in [0.717, 1.165) is 93.5 Å². The molecule has 42 heavy (non-hydrogen) atoms. The molecule has 220 valence electrons. The van der Waals surface area contributed by atoms with E-state index < -0.39 is 11.4 Å². The van der Waals surface area contributed by atoms with E-state index in [4.69, 9.17) is 14.5 Å². The zero-order valence-electron chi connectivity index (χ0n) is 24.8. The highest BCUT2D eigenvalue weighted by Gasteiger charge is 2.62. The van der Waals surface area contributed by atoms with Crippen molar-refractivity contribution in [1.29, 1.82) is 0 Å². The van der Waals surface area contributed by atoms with E-state index >= 15 is 0 Å². The van der Waals surface area contributed by atoms with Gasteiger partial charge in [-0.05, 0) is 97.9 Å². The topological polar surface area (TPSA) is 75.1 Å². The molecule has 0 bridgehead atoms. The van der Waals surface area contributed by atoms with Crippen LogP contribution in [0.2, 0.25) is 0 Å². The first-order valence-electron chi connectivity index (χ1n) is 15.5. The normalized spacial score (nSPS) is 24.1. The predicted molar refractivity (Wildman–Crippen MR) is 163 cm³/mol.